The molecule has 648 valence electrons. The second-order valence-corrected chi connectivity index (χ2v) is 36.6. The summed E-state index contributed by atoms with van der Waals surface area (Å²) in [7, 11) is 8.25. The van der Waals surface area contributed by atoms with Gasteiger partial charge in [0.05, 0.1) is 71.1 Å². The Kier molecular flexibility index (Phi) is 38.8. The predicted octanol–water partition coefficient (Wildman–Crippen LogP) is 15.3. The third kappa shape index (κ3) is 23.6. The molecule has 8 aromatic rings. The number of hydrogen-bond acceptors (Lipinski definition) is 19. The molecular weight excluding hydrogens is 1530 g/mol. The maximum atomic E-state index is 12.0. The van der Waals surface area contributed by atoms with Gasteiger partial charge in [-0.2, -0.15) is 0 Å². The molecule has 0 heterocycles. The monoisotopic (exact) mass is 1660 g/mol. The molecule has 0 amide bonds. The summed E-state index contributed by atoms with van der Waals surface area (Å²) in [5.74, 6) is -0.805. The van der Waals surface area contributed by atoms with Gasteiger partial charge in [-0.1, -0.05) is 286 Å². The van der Waals surface area contributed by atoms with E-state index in [-0.39, 0.29) is 130 Å². The number of esters is 2. The Morgan fingerprint density at radius 3 is 1.07 bits per heavy atom. The first-order valence-electron chi connectivity index (χ1n) is 39.6. The van der Waals surface area contributed by atoms with Crippen LogP contribution in [0, 0.1) is 35.0 Å². The quantitative estimate of drug-likeness (QED) is 0.0108. The highest BCUT2D eigenvalue weighted by molar-refractivity contribution is 6.99. The first kappa shape index (κ1) is 99.4. The van der Waals surface area contributed by atoms with Crippen LogP contribution < -0.4 is 10.4 Å². The minimum Gasteiger partial charge on any atom is -0.481 e. The fourth-order valence-corrected chi connectivity index (χ4v) is 21.6. The average Bonchev–Trinajstić information content (AvgIpc) is 1.53. The Labute approximate surface area is 708 Å². The molecule has 0 aliphatic heterocycles. The number of rotatable bonds is 37. The number of carbonyl (C=O) groups excluding carboxylic acids is 3. The van der Waals surface area contributed by atoms with Crippen molar-refractivity contribution in [1.82, 2.24) is 0 Å². The molecule has 119 heavy (non-hydrogen) atoms. The Bertz CT molecular complexity index is 4190. The van der Waals surface area contributed by atoms with Crippen LogP contribution in [0.2, 0.25) is 5.04 Å². The average molecular weight is 1660 g/mol. The highest BCUT2D eigenvalue weighted by atomic mass is 28.4. The Hall–Kier alpha value is -8.46. The summed E-state index contributed by atoms with van der Waals surface area (Å²) in [6, 6.07) is 81.9. The van der Waals surface area contributed by atoms with Crippen molar-refractivity contribution in [2.24, 2.45) is 35.0 Å². The molecule has 0 unspecified atom stereocenters. The van der Waals surface area contributed by atoms with E-state index in [4.69, 9.17) is 66.4 Å². The third-order valence-corrected chi connectivity index (χ3v) is 29.2. The zero-order chi connectivity index (χ0) is 83.4. The van der Waals surface area contributed by atoms with Crippen molar-refractivity contribution in [3.05, 3.63) is 276 Å². The lowest BCUT2D eigenvalue weighted by molar-refractivity contribution is -0.148. The summed E-state index contributed by atoms with van der Waals surface area (Å²) < 4.78 is 68.5. The first-order chi connectivity index (χ1) is 56.2. The van der Waals surface area contributed by atoms with Crippen molar-refractivity contribution in [3.8, 4) is 0 Å². The maximum Gasteiger partial charge on any atom is 0.312 e. The van der Waals surface area contributed by atoms with E-state index in [1.807, 2.05) is 140 Å². The molecule has 6 fully saturated rings. The van der Waals surface area contributed by atoms with Crippen LogP contribution in [0.4, 0.5) is 0 Å². The van der Waals surface area contributed by atoms with Crippen LogP contribution in [-0.2, 0) is 113 Å². The lowest BCUT2D eigenvalue weighted by Crippen LogP contribution is -2.66. The molecule has 12 atom stereocenters. The number of carbonyl (C=O) groups is 4. The second kappa shape index (κ2) is 46.5. The first-order valence-corrected chi connectivity index (χ1v) is 41.5. The van der Waals surface area contributed by atoms with E-state index < -0.39 is 19.7 Å². The number of hydrogen-bond donors (Lipinski definition) is 3. The molecule has 3 N–H and O–H groups in total. The molecule has 0 aromatic heterocycles. The number of methoxy groups -OCH3 is 7. The molecule has 14 rings (SSSR count). The standard InChI is InChI=1S/C27H32O2Si.C15H20O4.C14H18O4.C13H16O4.C13H18O3.C13H16O3.3CH4/c1-26(2,3)30(24-15-9-5-10-16-24,25-17-11-6-12-18-25)29-20-23-19-27(23,21-28)22-13-7-4-8-14-22;1-14(13(16)18-3)9-15(14,10-19-11-17-2)12-7-5-4-6-8-12;1-16-10-18-9-14(8-12(14)13(15)17-2)11-6-4-3-5-7-11;1-16-9-17-8-13(7-11(13)12(14)15)10-5-3-2-4-6-10;2*1-15-10-16-9-13(7-12(13)8-14)11-5-3-2-4-6-11;;;/h4-18,23,28H,19-21H2,1-3H3;4-8H,9-11H2,1-3H3;3-7,12H,8-10H2,1-2H3;2-6,11H,7-9H2,1H3,(H,14,15);2-6,12,14H,7-10H2,1H3;2-6,8,12H,7,9-10H2,1H3;3*1H4/t23-,27+;14-,15+;12-,14+;11-,13+;2*12-,13+;;;/m000000.../s1. The highest BCUT2D eigenvalue weighted by Gasteiger charge is 2.71. The molecule has 0 radical (unpaired) electrons. The fourth-order valence-electron chi connectivity index (χ4n) is 17.0. The van der Waals surface area contributed by atoms with E-state index >= 15 is 0 Å². The Morgan fingerprint density at radius 2 is 0.739 bits per heavy atom. The number of aliphatic carboxylic acids is 1. The van der Waals surface area contributed by atoms with Gasteiger partial charge >= 0.3 is 17.9 Å². The lowest BCUT2D eigenvalue weighted by Gasteiger charge is -2.43. The van der Waals surface area contributed by atoms with Gasteiger partial charge in [0, 0.05) is 87.2 Å². The van der Waals surface area contributed by atoms with Crippen LogP contribution in [0.5, 0.6) is 0 Å². The van der Waals surface area contributed by atoms with Crippen molar-refractivity contribution in [3.63, 3.8) is 0 Å². The summed E-state index contributed by atoms with van der Waals surface area (Å²) >= 11 is 0. The van der Waals surface area contributed by atoms with Gasteiger partial charge in [-0.05, 0) is 106 Å². The molecular formula is C98H132O20Si. The second-order valence-electron chi connectivity index (χ2n) is 32.3. The largest absolute Gasteiger partial charge is 0.481 e. The number of carboxylic acid groups (broad SMARTS) is 1. The van der Waals surface area contributed by atoms with Crippen molar-refractivity contribution in [2.75, 3.05) is 137 Å². The summed E-state index contributed by atoms with van der Waals surface area (Å²) in [5, 5.41) is 31.2. The van der Waals surface area contributed by atoms with Gasteiger partial charge in [0.25, 0.3) is 8.32 Å². The molecule has 8 aromatic carbocycles. The predicted molar refractivity (Wildman–Crippen MR) is 467 cm³/mol. The molecule has 21 heteroatoms. The highest BCUT2D eigenvalue weighted by Crippen LogP contribution is 2.65. The Balaban J connectivity index is 0.000000224. The van der Waals surface area contributed by atoms with Gasteiger partial charge in [0.1, 0.15) is 40.3 Å². The van der Waals surface area contributed by atoms with E-state index in [2.05, 4.69) is 130 Å². The number of carboxylic acids is 1. The summed E-state index contributed by atoms with van der Waals surface area (Å²) in [5.41, 5.74) is 5.23. The summed E-state index contributed by atoms with van der Waals surface area (Å²) in [6.45, 7) is 13.7. The third-order valence-electron chi connectivity index (χ3n) is 24.2. The van der Waals surface area contributed by atoms with Crippen molar-refractivity contribution in [1.29, 1.82) is 0 Å². The van der Waals surface area contributed by atoms with Crippen molar-refractivity contribution in [2.45, 2.75) is 126 Å². The van der Waals surface area contributed by atoms with Crippen LogP contribution in [-0.4, -0.2) is 184 Å². The van der Waals surface area contributed by atoms with E-state index in [1.54, 1.807) is 35.5 Å². The zero-order valence-corrected chi connectivity index (χ0v) is 70.3. The maximum absolute atomic E-state index is 12.0. The molecule has 0 spiro atoms. The number of aliphatic hydroxyl groups is 2. The topological polar surface area (TPSA) is 249 Å². The summed E-state index contributed by atoms with van der Waals surface area (Å²) in [6.07, 6.45) is 6.03. The number of benzene rings is 8. The smallest absolute Gasteiger partial charge is 0.312 e. The minimum atomic E-state index is -2.53. The zero-order valence-electron chi connectivity index (χ0n) is 69.3. The van der Waals surface area contributed by atoms with Crippen LogP contribution in [0.25, 0.3) is 0 Å². The van der Waals surface area contributed by atoms with Crippen LogP contribution in [0.15, 0.2) is 243 Å². The normalized spacial score (nSPS) is 25.2. The molecule has 6 saturated carbocycles. The minimum absolute atomic E-state index is 0. The molecule has 20 nitrogen and oxygen atoms in total. The molecule has 0 saturated heterocycles. The summed E-state index contributed by atoms with van der Waals surface area (Å²) in [4.78, 5) is 45.7. The lowest BCUT2D eigenvalue weighted by atomic mass is 9.87. The van der Waals surface area contributed by atoms with Crippen molar-refractivity contribution >= 4 is 42.9 Å². The molecule has 0 bridgehead atoms. The van der Waals surface area contributed by atoms with Crippen LogP contribution in [0.1, 0.15) is 122 Å². The fraction of sp³-hybridized carbons (Fsp3) is 0.469. The van der Waals surface area contributed by atoms with Gasteiger partial charge in [0.2, 0.25) is 0 Å². The van der Waals surface area contributed by atoms with Gasteiger partial charge in [-0.3, -0.25) is 14.4 Å². The SMILES string of the molecule is C.C.C.CC(C)(C)[Si](OC[C@@H]1C[C@@]1(CO)c1ccccc1)(c1ccccc1)c1ccccc1.COCOC[C@@]1(c2ccccc2)C[C@@]1(C)C(=O)OC.COCOC[C@@]1(c2ccccc2)C[C@H]1C(=O)O.COCOC[C@@]1(c2ccccc2)C[C@H]1C(=O)OC.COCOC[C@@]1(c2ccccc2)C[C@H]1C=O.COCOC[C@@]1(c2ccccc2)C[C@H]1CO. The Morgan fingerprint density at radius 1 is 0.412 bits per heavy atom. The number of aldehydes is 1. The van der Waals surface area contributed by atoms with Crippen LogP contribution in [0.3, 0.4) is 0 Å². The van der Waals surface area contributed by atoms with E-state index in [9.17, 15) is 29.4 Å². The number of aliphatic hydroxyl groups excluding tert-OH is 2. The van der Waals surface area contributed by atoms with Crippen molar-refractivity contribution < 1.29 is 95.8 Å². The molecule has 6 aliphatic carbocycles. The van der Waals surface area contributed by atoms with Gasteiger partial charge in [-0.15, -0.1) is 0 Å². The van der Waals surface area contributed by atoms with E-state index in [1.165, 1.54) is 41.3 Å². The van der Waals surface area contributed by atoms with Gasteiger partial charge in [-0.25, -0.2) is 0 Å². The van der Waals surface area contributed by atoms with E-state index in [0.717, 1.165) is 55.1 Å². The number of ether oxygens (including phenoxy) is 12. The van der Waals surface area contributed by atoms with Crippen LogP contribution >= 0.6 is 0 Å². The molecule has 6 aliphatic rings. The van der Waals surface area contributed by atoms with Gasteiger partial charge < -0.3 is 81.4 Å². The van der Waals surface area contributed by atoms with E-state index in [0.29, 0.717) is 64.7 Å². The van der Waals surface area contributed by atoms with Gasteiger partial charge in [0.15, 0.2) is 0 Å².